The summed E-state index contributed by atoms with van der Waals surface area (Å²) in [5.74, 6) is 0. The third-order valence-electron chi connectivity index (χ3n) is 4.96. The summed E-state index contributed by atoms with van der Waals surface area (Å²) in [7, 11) is 0. The van der Waals surface area contributed by atoms with Crippen molar-refractivity contribution in [2.24, 2.45) is 0 Å². The Bertz CT molecular complexity index is 1220. The third kappa shape index (κ3) is 5.14. The molecule has 0 unspecified atom stereocenters. The van der Waals surface area contributed by atoms with Crippen LogP contribution in [0, 0.1) is 0 Å². The van der Waals surface area contributed by atoms with Crippen LogP contribution in [0.1, 0.15) is 16.8 Å². The van der Waals surface area contributed by atoms with E-state index in [9.17, 15) is 9.59 Å². The van der Waals surface area contributed by atoms with Crippen molar-refractivity contribution in [2.45, 2.75) is 19.5 Å². The van der Waals surface area contributed by atoms with Crippen LogP contribution in [0.5, 0.6) is 0 Å². The average molecular weight is 413 g/mol. The fourth-order valence-electron chi connectivity index (χ4n) is 3.40. The minimum atomic E-state index is -0.271. The van der Waals surface area contributed by atoms with Gasteiger partial charge in [-0.25, -0.2) is 9.48 Å². The molecule has 0 fully saturated rings. The zero-order valence-corrected chi connectivity index (χ0v) is 17.0. The molecule has 0 atom stereocenters. The number of hydrogen-bond donors (Lipinski definition) is 2. The van der Waals surface area contributed by atoms with Crippen LogP contribution in [-0.4, -0.2) is 27.3 Å². The standard InChI is InChI=1S/C24H23N5O2/c30-23-21-11-5-4-10-20(21)22(28-29(23)17-19-9-6-13-25-15-19)16-27-24(31)26-14-12-18-7-2-1-3-8-18/h1-11,13,15H,12,14,16-17H2,(H2,26,27,31). The van der Waals surface area contributed by atoms with Gasteiger partial charge in [0.05, 0.1) is 24.2 Å². The maximum absolute atomic E-state index is 12.9. The number of nitrogens with one attached hydrogen (secondary N) is 2. The summed E-state index contributed by atoms with van der Waals surface area (Å²) in [6.07, 6.45) is 4.15. The number of hydrogen-bond acceptors (Lipinski definition) is 4. The summed E-state index contributed by atoms with van der Waals surface area (Å²) in [5, 5.41) is 11.5. The lowest BCUT2D eigenvalue weighted by Gasteiger charge is -2.12. The van der Waals surface area contributed by atoms with E-state index >= 15 is 0 Å². The molecule has 31 heavy (non-hydrogen) atoms. The highest BCUT2D eigenvalue weighted by atomic mass is 16.2. The van der Waals surface area contributed by atoms with E-state index in [0.29, 0.717) is 24.2 Å². The molecular formula is C24H23N5O2. The highest BCUT2D eigenvalue weighted by Gasteiger charge is 2.12. The predicted octanol–water partition coefficient (Wildman–Crippen LogP) is 2.88. The monoisotopic (exact) mass is 413 g/mol. The number of carbonyl (C=O) groups excluding carboxylic acids is 1. The highest BCUT2D eigenvalue weighted by molar-refractivity contribution is 5.84. The summed E-state index contributed by atoms with van der Waals surface area (Å²) in [4.78, 5) is 29.2. The lowest BCUT2D eigenvalue weighted by atomic mass is 10.1. The molecule has 0 spiro atoms. The van der Waals surface area contributed by atoms with Gasteiger partial charge in [0, 0.05) is 24.3 Å². The van der Waals surface area contributed by atoms with E-state index in [1.54, 1.807) is 18.5 Å². The molecule has 0 saturated heterocycles. The second kappa shape index (κ2) is 9.67. The van der Waals surface area contributed by atoms with Crippen molar-refractivity contribution < 1.29 is 4.79 Å². The highest BCUT2D eigenvalue weighted by Crippen LogP contribution is 2.13. The number of benzene rings is 2. The van der Waals surface area contributed by atoms with Gasteiger partial charge in [-0.15, -0.1) is 0 Å². The summed E-state index contributed by atoms with van der Waals surface area (Å²) >= 11 is 0. The van der Waals surface area contributed by atoms with Crippen molar-refractivity contribution in [3.8, 4) is 0 Å². The summed E-state index contributed by atoms with van der Waals surface area (Å²) < 4.78 is 1.42. The molecule has 2 heterocycles. The number of pyridine rings is 1. The van der Waals surface area contributed by atoms with Crippen molar-refractivity contribution in [2.75, 3.05) is 6.54 Å². The van der Waals surface area contributed by atoms with E-state index in [4.69, 9.17) is 0 Å². The molecular weight excluding hydrogens is 390 g/mol. The average Bonchev–Trinajstić information content (AvgIpc) is 2.81. The van der Waals surface area contributed by atoms with Gasteiger partial charge in [0.25, 0.3) is 5.56 Å². The summed E-state index contributed by atoms with van der Waals surface area (Å²) in [6, 6.07) is 20.7. The number of carbonyl (C=O) groups is 1. The minimum absolute atomic E-state index is 0.171. The van der Waals surface area contributed by atoms with Crippen LogP contribution in [0.25, 0.3) is 10.8 Å². The molecule has 7 heteroatoms. The molecule has 2 amide bonds. The van der Waals surface area contributed by atoms with Gasteiger partial charge in [-0.1, -0.05) is 54.6 Å². The Morgan fingerprint density at radius 3 is 2.39 bits per heavy atom. The van der Waals surface area contributed by atoms with Crippen molar-refractivity contribution in [3.05, 3.63) is 106 Å². The first-order chi connectivity index (χ1) is 15.2. The third-order valence-corrected chi connectivity index (χ3v) is 4.96. The van der Waals surface area contributed by atoms with E-state index in [2.05, 4.69) is 20.7 Å². The molecule has 0 aliphatic carbocycles. The van der Waals surface area contributed by atoms with Gasteiger partial charge >= 0.3 is 6.03 Å². The van der Waals surface area contributed by atoms with E-state index < -0.39 is 0 Å². The topological polar surface area (TPSA) is 88.9 Å². The molecule has 0 bridgehead atoms. The van der Waals surface area contributed by atoms with Crippen LogP contribution in [-0.2, 0) is 19.5 Å². The number of fused-ring (bicyclic) bond motifs is 1. The van der Waals surface area contributed by atoms with E-state index in [-0.39, 0.29) is 18.1 Å². The van der Waals surface area contributed by atoms with Crippen molar-refractivity contribution in [1.29, 1.82) is 0 Å². The largest absolute Gasteiger partial charge is 0.338 e. The maximum Gasteiger partial charge on any atom is 0.315 e. The number of aromatic nitrogens is 3. The van der Waals surface area contributed by atoms with Gasteiger partial charge in [0.2, 0.25) is 0 Å². The van der Waals surface area contributed by atoms with Gasteiger partial charge < -0.3 is 10.6 Å². The molecule has 4 aromatic rings. The van der Waals surface area contributed by atoms with Gasteiger partial charge in [-0.2, -0.15) is 5.10 Å². The first kappa shape index (κ1) is 20.3. The van der Waals surface area contributed by atoms with Gasteiger partial charge in [-0.05, 0) is 29.7 Å². The first-order valence-electron chi connectivity index (χ1n) is 10.1. The first-order valence-corrected chi connectivity index (χ1v) is 10.1. The van der Waals surface area contributed by atoms with Crippen LogP contribution in [0.15, 0.2) is 83.9 Å². The second-order valence-electron chi connectivity index (χ2n) is 7.16. The SMILES string of the molecule is O=C(NCCc1ccccc1)NCc1nn(Cc2cccnc2)c(=O)c2ccccc12. The Labute approximate surface area is 179 Å². The number of rotatable bonds is 7. The van der Waals surface area contributed by atoms with Crippen molar-refractivity contribution >= 4 is 16.8 Å². The predicted molar refractivity (Wildman–Crippen MR) is 120 cm³/mol. The van der Waals surface area contributed by atoms with E-state index in [1.165, 1.54) is 4.68 Å². The van der Waals surface area contributed by atoms with Gasteiger partial charge in [-0.3, -0.25) is 9.78 Å². The van der Waals surface area contributed by atoms with Crippen LogP contribution in [0.4, 0.5) is 4.79 Å². The van der Waals surface area contributed by atoms with Crippen LogP contribution < -0.4 is 16.2 Å². The quantitative estimate of drug-likeness (QED) is 0.488. The van der Waals surface area contributed by atoms with Crippen LogP contribution in [0.2, 0.25) is 0 Å². The lowest BCUT2D eigenvalue weighted by Crippen LogP contribution is -2.37. The molecule has 7 nitrogen and oxygen atoms in total. The molecule has 156 valence electrons. The Morgan fingerprint density at radius 2 is 1.61 bits per heavy atom. The lowest BCUT2D eigenvalue weighted by molar-refractivity contribution is 0.240. The van der Waals surface area contributed by atoms with E-state index in [0.717, 1.165) is 22.9 Å². The smallest absolute Gasteiger partial charge is 0.315 e. The van der Waals surface area contributed by atoms with Crippen LogP contribution >= 0.6 is 0 Å². The number of urea groups is 1. The fraction of sp³-hybridized carbons (Fsp3) is 0.167. The summed E-state index contributed by atoms with van der Waals surface area (Å²) in [6.45, 7) is 1.06. The molecule has 4 rings (SSSR count). The normalized spacial score (nSPS) is 10.7. The molecule has 2 aromatic heterocycles. The Hall–Kier alpha value is -4.00. The minimum Gasteiger partial charge on any atom is -0.338 e. The molecule has 2 aromatic carbocycles. The zero-order chi connectivity index (χ0) is 21.5. The van der Waals surface area contributed by atoms with Crippen molar-refractivity contribution in [3.63, 3.8) is 0 Å². The molecule has 2 N–H and O–H groups in total. The van der Waals surface area contributed by atoms with Crippen LogP contribution in [0.3, 0.4) is 0 Å². The Kier molecular flexibility index (Phi) is 6.32. The number of nitrogens with zero attached hydrogens (tertiary/aromatic N) is 3. The molecule has 0 radical (unpaired) electrons. The second-order valence-corrected chi connectivity index (χ2v) is 7.16. The van der Waals surface area contributed by atoms with Crippen molar-refractivity contribution in [1.82, 2.24) is 25.4 Å². The number of amides is 2. The maximum atomic E-state index is 12.9. The fourth-order valence-corrected chi connectivity index (χ4v) is 3.40. The zero-order valence-electron chi connectivity index (χ0n) is 17.0. The Balaban J connectivity index is 1.47. The molecule has 0 aliphatic rings. The van der Waals surface area contributed by atoms with Gasteiger partial charge in [0.15, 0.2) is 0 Å². The summed E-state index contributed by atoms with van der Waals surface area (Å²) in [5.41, 5.74) is 2.51. The van der Waals surface area contributed by atoms with Gasteiger partial charge in [0.1, 0.15) is 0 Å². The van der Waals surface area contributed by atoms with E-state index in [1.807, 2.05) is 60.7 Å². The Morgan fingerprint density at radius 1 is 0.871 bits per heavy atom. The molecule has 0 aliphatic heterocycles. The molecule has 0 saturated carbocycles.